The lowest BCUT2D eigenvalue weighted by molar-refractivity contribution is -0.139. The molecule has 2 atom stereocenters. The number of nitrogens with zero attached hydrogens (tertiary/aromatic N) is 1. The van der Waals surface area contributed by atoms with Crippen LogP contribution in [0.4, 0.5) is 0 Å². The van der Waals surface area contributed by atoms with E-state index in [1.165, 1.54) is 11.8 Å². The van der Waals surface area contributed by atoms with Gasteiger partial charge in [-0.05, 0) is 25.2 Å². The highest BCUT2D eigenvalue weighted by Gasteiger charge is 2.61. The Morgan fingerprint density at radius 1 is 1.44 bits per heavy atom. The summed E-state index contributed by atoms with van der Waals surface area (Å²) in [6.45, 7) is 8.03. The number of hydrazine groups is 1. The van der Waals surface area contributed by atoms with Crippen molar-refractivity contribution >= 4 is 5.97 Å². The number of ether oxygens (including phenoxy) is 1. The van der Waals surface area contributed by atoms with Crippen LogP contribution in [0, 0.1) is 28.8 Å². The van der Waals surface area contributed by atoms with Gasteiger partial charge in [0.2, 0.25) is 0 Å². The van der Waals surface area contributed by atoms with Crippen molar-refractivity contribution in [3.05, 3.63) is 11.6 Å². The molecule has 1 saturated carbocycles. The van der Waals surface area contributed by atoms with Crippen LogP contribution < -0.4 is 11.7 Å². The summed E-state index contributed by atoms with van der Waals surface area (Å²) in [4.78, 5) is 11.3. The average molecular weight is 225 g/mol. The van der Waals surface area contributed by atoms with Crippen LogP contribution in [-0.2, 0) is 9.53 Å². The molecule has 0 bridgehead atoms. The summed E-state index contributed by atoms with van der Waals surface area (Å²) in [5, 5.41) is 8.24. The fraction of sp³-hybridized carbons (Fsp3) is 0.636. The molecule has 0 aromatic heterocycles. The van der Waals surface area contributed by atoms with E-state index < -0.39 is 5.97 Å². The SMILES string of the molecule is CC(C)=CC1C(C(=O)OC#N)C1(C)C.NN. The second-order valence-electron chi connectivity index (χ2n) is 4.58. The van der Waals surface area contributed by atoms with E-state index in [4.69, 9.17) is 5.26 Å². The number of nitrogens with two attached hydrogens (primary N) is 2. The minimum Gasteiger partial charge on any atom is -0.351 e. The Morgan fingerprint density at radius 2 is 1.94 bits per heavy atom. The molecule has 0 heterocycles. The number of carbonyl (C=O) groups is 1. The van der Waals surface area contributed by atoms with Gasteiger partial charge in [0, 0.05) is 0 Å². The molecule has 90 valence electrons. The van der Waals surface area contributed by atoms with Crippen molar-refractivity contribution in [2.75, 3.05) is 0 Å². The van der Waals surface area contributed by atoms with Gasteiger partial charge in [-0.1, -0.05) is 25.5 Å². The summed E-state index contributed by atoms with van der Waals surface area (Å²) >= 11 is 0. The Balaban J connectivity index is 0.00000106. The van der Waals surface area contributed by atoms with Gasteiger partial charge in [-0.3, -0.25) is 16.5 Å². The molecule has 5 heteroatoms. The molecule has 0 aromatic carbocycles. The number of esters is 1. The maximum atomic E-state index is 11.3. The van der Waals surface area contributed by atoms with E-state index in [9.17, 15) is 4.79 Å². The molecule has 5 nitrogen and oxygen atoms in total. The monoisotopic (exact) mass is 225 g/mol. The van der Waals surface area contributed by atoms with Gasteiger partial charge in [-0.2, -0.15) is 0 Å². The first-order valence-corrected chi connectivity index (χ1v) is 4.99. The number of allylic oxidation sites excluding steroid dienone is 2. The third-order valence-corrected chi connectivity index (χ3v) is 2.82. The van der Waals surface area contributed by atoms with Crippen LogP contribution in [0.1, 0.15) is 27.7 Å². The van der Waals surface area contributed by atoms with Crippen molar-refractivity contribution in [3.63, 3.8) is 0 Å². The maximum absolute atomic E-state index is 11.3. The standard InChI is InChI=1S/C11H15NO2.H4N2/c1-7(2)5-8-9(11(8,3)4)10(13)14-6-12;1-2/h5,8-9H,1-4H3;1-2H2. The molecular formula is C11H19N3O2. The summed E-state index contributed by atoms with van der Waals surface area (Å²) in [5.74, 6) is 7.66. The Morgan fingerprint density at radius 3 is 2.31 bits per heavy atom. The van der Waals surface area contributed by atoms with Crippen molar-refractivity contribution in [2.45, 2.75) is 27.7 Å². The molecule has 4 N–H and O–H groups in total. The Bertz CT molecular complexity index is 325. The van der Waals surface area contributed by atoms with Gasteiger partial charge in [-0.15, -0.1) is 5.26 Å². The summed E-state index contributed by atoms with van der Waals surface area (Å²) in [7, 11) is 0. The van der Waals surface area contributed by atoms with Gasteiger partial charge in [0.05, 0.1) is 5.92 Å². The van der Waals surface area contributed by atoms with E-state index in [-0.39, 0.29) is 17.3 Å². The lowest BCUT2D eigenvalue weighted by Gasteiger charge is -1.97. The predicted molar refractivity (Wildman–Crippen MR) is 60.3 cm³/mol. The second kappa shape index (κ2) is 5.64. The molecule has 16 heavy (non-hydrogen) atoms. The third-order valence-electron chi connectivity index (χ3n) is 2.82. The number of carbonyl (C=O) groups excluding carboxylic acids is 1. The summed E-state index contributed by atoms with van der Waals surface area (Å²) in [6.07, 6.45) is 3.50. The Labute approximate surface area is 96.0 Å². The number of rotatable bonds is 2. The van der Waals surface area contributed by atoms with Crippen molar-refractivity contribution < 1.29 is 9.53 Å². The molecule has 0 radical (unpaired) electrons. The number of hydrogen-bond acceptors (Lipinski definition) is 5. The fourth-order valence-electron chi connectivity index (χ4n) is 1.91. The van der Waals surface area contributed by atoms with Crippen LogP contribution >= 0.6 is 0 Å². The van der Waals surface area contributed by atoms with Gasteiger partial charge >= 0.3 is 5.97 Å². The van der Waals surface area contributed by atoms with E-state index in [0.717, 1.165) is 0 Å². The van der Waals surface area contributed by atoms with Gasteiger partial charge in [-0.25, -0.2) is 0 Å². The quantitative estimate of drug-likeness (QED) is 0.240. The molecule has 2 unspecified atom stereocenters. The van der Waals surface area contributed by atoms with Crippen molar-refractivity contribution in [1.29, 1.82) is 5.26 Å². The van der Waals surface area contributed by atoms with Crippen molar-refractivity contribution in [2.24, 2.45) is 28.9 Å². The van der Waals surface area contributed by atoms with Crippen LogP contribution in [0.2, 0.25) is 0 Å². The van der Waals surface area contributed by atoms with Gasteiger partial charge < -0.3 is 4.74 Å². The first kappa shape index (κ1) is 14.6. The Kier molecular flexibility index (Phi) is 5.15. The predicted octanol–water partition coefficient (Wildman–Crippen LogP) is 1.07. The molecule has 0 spiro atoms. The Hall–Kier alpha value is -1.38. The highest BCUT2D eigenvalue weighted by Crippen LogP contribution is 2.59. The van der Waals surface area contributed by atoms with Crippen molar-refractivity contribution in [3.8, 4) is 6.26 Å². The zero-order valence-corrected chi connectivity index (χ0v) is 10.2. The topological polar surface area (TPSA) is 102 Å². The lowest BCUT2D eigenvalue weighted by Crippen LogP contribution is -2.07. The van der Waals surface area contributed by atoms with Crippen LogP contribution in [-0.4, -0.2) is 5.97 Å². The molecule has 0 amide bonds. The molecular weight excluding hydrogens is 206 g/mol. The molecule has 0 aliphatic heterocycles. The smallest absolute Gasteiger partial charge is 0.325 e. The molecule has 0 saturated heterocycles. The van der Waals surface area contributed by atoms with Crippen LogP contribution in [0.3, 0.4) is 0 Å². The minimum absolute atomic E-state index is 0.0643. The highest BCUT2D eigenvalue weighted by atomic mass is 16.5. The van der Waals surface area contributed by atoms with Gasteiger partial charge in [0.25, 0.3) is 6.26 Å². The third kappa shape index (κ3) is 3.05. The van der Waals surface area contributed by atoms with Crippen molar-refractivity contribution in [1.82, 2.24) is 0 Å². The van der Waals surface area contributed by atoms with E-state index in [0.29, 0.717) is 0 Å². The first-order valence-electron chi connectivity index (χ1n) is 4.99. The number of nitriles is 1. The average Bonchev–Trinajstić information content (AvgIpc) is 2.71. The van der Waals surface area contributed by atoms with E-state index >= 15 is 0 Å². The normalized spacial score (nSPS) is 24.3. The lowest BCUT2D eigenvalue weighted by atomic mass is 10.1. The molecule has 1 fully saturated rings. The van der Waals surface area contributed by atoms with Gasteiger partial charge in [0.15, 0.2) is 0 Å². The van der Waals surface area contributed by atoms with Crippen LogP contribution in [0.5, 0.6) is 0 Å². The highest BCUT2D eigenvalue weighted by molar-refractivity contribution is 5.79. The van der Waals surface area contributed by atoms with E-state index in [1.54, 1.807) is 0 Å². The molecule has 1 aliphatic rings. The maximum Gasteiger partial charge on any atom is 0.325 e. The van der Waals surface area contributed by atoms with E-state index in [1.807, 2.05) is 27.7 Å². The van der Waals surface area contributed by atoms with E-state index in [2.05, 4.69) is 22.5 Å². The summed E-state index contributed by atoms with van der Waals surface area (Å²) in [6, 6.07) is 0. The summed E-state index contributed by atoms with van der Waals surface area (Å²) < 4.78 is 4.35. The summed E-state index contributed by atoms with van der Waals surface area (Å²) in [5.41, 5.74) is 1.13. The van der Waals surface area contributed by atoms with Gasteiger partial charge in [0.1, 0.15) is 0 Å². The zero-order chi connectivity index (χ0) is 12.9. The number of hydrogen-bond donors (Lipinski definition) is 2. The first-order chi connectivity index (χ1) is 7.41. The molecule has 0 aromatic rings. The molecule has 1 rings (SSSR count). The molecule has 1 aliphatic carbocycles. The second-order valence-corrected chi connectivity index (χ2v) is 4.58. The zero-order valence-electron chi connectivity index (χ0n) is 10.2. The minimum atomic E-state index is -0.403. The fourth-order valence-corrected chi connectivity index (χ4v) is 1.91. The van der Waals surface area contributed by atoms with Crippen LogP contribution in [0.15, 0.2) is 11.6 Å². The van der Waals surface area contributed by atoms with Crippen LogP contribution in [0.25, 0.3) is 0 Å². The largest absolute Gasteiger partial charge is 0.351 e.